The van der Waals surface area contributed by atoms with Crippen LogP contribution >= 0.6 is 0 Å². The molecule has 0 aromatic heterocycles. The van der Waals surface area contributed by atoms with Crippen LogP contribution in [0.15, 0.2) is 59.6 Å². The Morgan fingerprint density at radius 2 is 1.39 bits per heavy atom. The zero-order valence-corrected chi connectivity index (χ0v) is 21.5. The molecule has 2 aromatic rings. The number of carbonyl (C=O) groups is 3. The quantitative estimate of drug-likeness (QED) is 0.288. The van der Waals surface area contributed by atoms with E-state index in [4.69, 9.17) is 14.2 Å². The standard InChI is InChI=1S/C26H34N4O6/c1-25(2,3)35-23(32)29-21(30-24(33)36-26(4,5)6)28-20-14-12-18(13-15-20)16-27-22(31)34-17-19-10-8-7-9-11-19/h7-15H,16-17H2,1-6H3,(H,27,31)(H2,28,29,30,32,33). The minimum absolute atomic E-state index is 0.158. The van der Waals surface area contributed by atoms with E-state index in [9.17, 15) is 14.4 Å². The number of nitrogens with zero attached hydrogens (tertiary/aromatic N) is 1. The van der Waals surface area contributed by atoms with Gasteiger partial charge < -0.3 is 24.8 Å². The van der Waals surface area contributed by atoms with E-state index in [-0.39, 0.29) is 19.1 Å². The van der Waals surface area contributed by atoms with Crippen molar-refractivity contribution in [2.75, 3.05) is 5.32 Å². The van der Waals surface area contributed by atoms with Gasteiger partial charge in [-0.1, -0.05) is 42.5 Å². The van der Waals surface area contributed by atoms with Crippen molar-refractivity contribution >= 4 is 29.9 Å². The molecule has 0 radical (unpaired) electrons. The van der Waals surface area contributed by atoms with Crippen LogP contribution < -0.4 is 16.0 Å². The van der Waals surface area contributed by atoms with Gasteiger partial charge in [0.15, 0.2) is 0 Å². The number of hydrogen-bond donors (Lipinski definition) is 3. The van der Waals surface area contributed by atoms with Gasteiger partial charge in [0.25, 0.3) is 0 Å². The van der Waals surface area contributed by atoms with E-state index < -0.39 is 29.5 Å². The average molecular weight is 499 g/mol. The summed E-state index contributed by atoms with van der Waals surface area (Å²) in [7, 11) is 0. The van der Waals surface area contributed by atoms with Crippen molar-refractivity contribution in [1.82, 2.24) is 10.6 Å². The summed E-state index contributed by atoms with van der Waals surface area (Å²) < 4.78 is 15.6. The SMILES string of the molecule is CC(C)(C)OC(=O)/N=C(/NC(=O)OC(C)(C)C)Nc1ccc(CNC(=O)OCc2ccccc2)cc1. The Morgan fingerprint density at radius 3 is 1.97 bits per heavy atom. The fourth-order valence-corrected chi connectivity index (χ4v) is 2.65. The van der Waals surface area contributed by atoms with Gasteiger partial charge >= 0.3 is 18.3 Å². The molecule has 0 saturated carbocycles. The highest BCUT2D eigenvalue weighted by Gasteiger charge is 2.20. The molecule has 0 aliphatic carbocycles. The highest BCUT2D eigenvalue weighted by atomic mass is 16.6. The number of hydrogen-bond acceptors (Lipinski definition) is 6. The normalized spacial score (nSPS) is 11.8. The van der Waals surface area contributed by atoms with Crippen LogP contribution in [0.2, 0.25) is 0 Å². The third kappa shape index (κ3) is 11.9. The van der Waals surface area contributed by atoms with Crippen molar-refractivity contribution in [2.24, 2.45) is 4.99 Å². The largest absolute Gasteiger partial charge is 0.445 e. The highest BCUT2D eigenvalue weighted by molar-refractivity contribution is 6.06. The number of rotatable bonds is 5. The van der Waals surface area contributed by atoms with E-state index in [0.717, 1.165) is 11.1 Å². The summed E-state index contributed by atoms with van der Waals surface area (Å²) in [5.41, 5.74) is 0.741. The molecule has 0 spiro atoms. The van der Waals surface area contributed by atoms with Gasteiger partial charge in [-0.05, 0) is 64.8 Å². The molecule has 0 bridgehead atoms. The number of aliphatic imine (C=N–C) groups is 1. The van der Waals surface area contributed by atoms with E-state index in [1.165, 1.54) is 0 Å². The fourth-order valence-electron chi connectivity index (χ4n) is 2.65. The van der Waals surface area contributed by atoms with E-state index in [2.05, 4.69) is 20.9 Å². The molecule has 3 amide bonds. The molecule has 194 valence electrons. The van der Waals surface area contributed by atoms with Crippen molar-refractivity contribution in [2.45, 2.75) is 65.9 Å². The van der Waals surface area contributed by atoms with Crippen LogP contribution in [0.3, 0.4) is 0 Å². The van der Waals surface area contributed by atoms with E-state index in [1.807, 2.05) is 30.3 Å². The summed E-state index contributed by atoms with van der Waals surface area (Å²) in [4.78, 5) is 40.2. The lowest BCUT2D eigenvalue weighted by Gasteiger charge is -2.21. The molecule has 0 unspecified atom stereocenters. The molecule has 0 aliphatic rings. The van der Waals surface area contributed by atoms with Crippen molar-refractivity contribution < 1.29 is 28.6 Å². The van der Waals surface area contributed by atoms with E-state index in [1.54, 1.807) is 65.8 Å². The third-order valence-electron chi connectivity index (χ3n) is 4.08. The van der Waals surface area contributed by atoms with Crippen LogP contribution in [0.4, 0.5) is 20.1 Å². The zero-order valence-electron chi connectivity index (χ0n) is 21.5. The zero-order chi connectivity index (χ0) is 26.8. The second-order valence-corrected chi connectivity index (χ2v) is 9.80. The molecule has 0 saturated heterocycles. The number of amides is 3. The maximum atomic E-state index is 12.2. The summed E-state index contributed by atoms with van der Waals surface area (Å²) in [5.74, 6) is -0.158. The number of guanidine groups is 1. The predicted octanol–water partition coefficient (Wildman–Crippen LogP) is 5.34. The summed E-state index contributed by atoms with van der Waals surface area (Å²) in [6.07, 6.45) is -2.20. The second-order valence-electron chi connectivity index (χ2n) is 9.80. The van der Waals surface area contributed by atoms with E-state index >= 15 is 0 Å². The molecule has 0 heterocycles. The molecule has 10 nitrogen and oxygen atoms in total. The van der Waals surface area contributed by atoms with Crippen molar-refractivity contribution in [3.05, 3.63) is 65.7 Å². The number of ether oxygens (including phenoxy) is 3. The Morgan fingerprint density at radius 1 is 0.778 bits per heavy atom. The topological polar surface area (TPSA) is 127 Å². The van der Waals surface area contributed by atoms with Gasteiger partial charge in [-0.2, -0.15) is 0 Å². The molecule has 0 atom stereocenters. The monoisotopic (exact) mass is 498 g/mol. The first-order chi connectivity index (χ1) is 16.8. The van der Waals surface area contributed by atoms with Gasteiger partial charge in [0, 0.05) is 12.2 Å². The average Bonchev–Trinajstić information content (AvgIpc) is 2.75. The maximum absolute atomic E-state index is 12.2. The Kier molecular flexibility index (Phi) is 9.83. The Labute approximate surface area is 211 Å². The van der Waals surface area contributed by atoms with E-state index in [0.29, 0.717) is 5.69 Å². The van der Waals surface area contributed by atoms with Crippen LogP contribution in [-0.4, -0.2) is 35.4 Å². The fraction of sp³-hybridized carbons (Fsp3) is 0.385. The predicted molar refractivity (Wildman–Crippen MR) is 137 cm³/mol. The van der Waals surface area contributed by atoms with Gasteiger partial charge in [0.1, 0.15) is 17.8 Å². The summed E-state index contributed by atoms with van der Waals surface area (Å²) in [6.45, 7) is 10.7. The number of carbonyl (C=O) groups excluding carboxylic acids is 3. The van der Waals surface area contributed by atoms with Gasteiger partial charge in [-0.25, -0.2) is 14.4 Å². The van der Waals surface area contributed by atoms with Crippen molar-refractivity contribution in [1.29, 1.82) is 0 Å². The Bertz CT molecular complexity index is 1050. The van der Waals surface area contributed by atoms with Crippen molar-refractivity contribution in [3.8, 4) is 0 Å². The van der Waals surface area contributed by atoms with Crippen LogP contribution in [-0.2, 0) is 27.4 Å². The van der Waals surface area contributed by atoms with Gasteiger partial charge in [0.05, 0.1) is 0 Å². The molecule has 0 fully saturated rings. The molecule has 36 heavy (non-hydrogen) atoms. The molecule has 10 heteroatoms. The summed E-state index contributed by atoms with van der Waals surface area (Å²) in [6, 6.07) is 16.3. The number of alkyl carbamates (subject to hydrolysis) is 2. The molecular weight excluding hydrogens is 464 g/mol. The minimum Gasteiger partial charge on any atom is -0.445 e. The van der Waals surface area contributed by atoms with Gasteiger partial charge in [-0.3, -0.25) is 5.32 Å². The van der Waals surface area contributed by atoms with Crippen LogP contribution in [0.1, 0.15) is 52.7 Å². The summed E-state index contributed by atoms with van der Waals surface area (Å²) >= 11 is 0. The highest BCUT2D eigenvalue weighted by Crippen LogP contribution is 2.12. The summed E-state index contributed by atoms with van der Waals surface area (Å²) in [5, 5.41) is 7.98. The first kappa shape index (κ1) is 28.2. The van der Waals surface area contributed by atoms with Crippen LogP contribution in [0.5, 0.6) is 0 Å². The molecule has 2 rings (SSSR count). The number of anilines is 1. The molecular formula is C26H34N4O6. The lowest BCUT2D eigenvalue weighted by Crippen LogP contribution is -2.40. The first-order valence-electron chi connectivity index (χ1n) is 11.4. The molecule has 2 aromatic carbocycles. The molecule has 3 N–H and O–H groups in total. The van der Waals surface area contributed by atoms with Gasteiger partial charge in [0.2, 0.25) is 5.96 Å². The minimum atomic E-state index is -0.879. The van der Waals surface area contributed by atoms with Crippen LogP contribution in [0.25, 0.3) is 0 Å². The Hall–Kier alpha value is -4.08. The van der Waals surface area contributed by atoms with Gasteiger partial charge in [-0.15, -0.1) is 4.99 Å². The van der Waals surface area contributed by atoms with Crippen LogP contribution in [0, 0.1) is 0 Å². The molecule has 0 aliphatic heterocycles. The lowest BCUT2D eigenvalue weighted by molar-refractivity contribution is 0.0562. The number of benzene rings is 2. The maximum Gasteiger partial charge on any atom is 0.437 e. The second kappa shape index (κ2) is 12.6. The first-order valence-corrected chi connectivity index (χ1v) is 11.4. The number of nitrogens with one attached hydrogen (secondary N) is 3. The Balaban J connectivity index is 1.97. The van der Waals surface area contributed by atoms with Crippen molar-refractivity contribution in [3.63, 3.8) is 0 Å². The third-order valence-corrected chi connectivity index (χ3v) is 4.08. The lowest BCUT2D eigenvalue weighted by atomic mass is 10.2. The smallest absolute Gasteiger partial charge is 0.437 e.